The molecule has 1 heterocycles. The van der Waals surface area contributed by atoms with E-state index in [0.29, 0.717) is 0 Å². The van der Waals surface area contributed by atoms with Crippen LogP contribution >= 0.6 is 0 Å². The number of rotatable bonds is 6. The summed E-state index contributed by atoms with van der Waals surface area (Å²) in [5, 5.41) is 0. The van der Waals surface area contributed by atoms with Gasteiger partial charge in [0.2, 0.25) is 5.88 Å². The van der Waals surface area contributed by atoms with E-state index in [-0.39, 0.29) is 12.2 Å². The summed E-state index contributed by atoms with van der Waals surface area (Å²) in [5.74, 6) is -6.87. The molecule has 0 saturated heterocycles. The Labute approximate surface area is 144 Å². The van der Waals surface area contributed by atoms with Gasteiger partial charge in [0.15, 0.2) is 6.61 Å². The maximum absolute atomic E-state index is 12.8. The summed E-state index contributed by atoms with van der Waals surface area (Å²) in [6.45, 7) is -1.99. The second-order valence-corrected chi connectivity index (χ2v) is 5.13. The topological polar surface area (TPSA) is 74.4 Å². The smallest absolute Gasteiger partial charge is 0.456 e. The van der Waals surface area contributed by atoms with Crippen LogP contribution in [0.1, 0.15) is 15.9 Å². The van der Waals surface area contributed by atoms with Gasteiger partial charge in [0.1, 0.15) is 18.0 Å². The summed E-state index contributed by atoms with van der Waals surface area (Å²) in [4.78, 5) is 15.4. The highest BCUT2D eigenvalue weighted by atomic mass is 19.4. The van der Waals surface area contributed by atoms with Crippen molar-refractivity contribution in [3.63, 3.8) is 0 Å². The van der Waals surface area contributed by atoms with Crippen LogP contribution in [0.5, 0.6) is 5.88 Å². The van der Waals surface area contributed by atoms with Gasteiger partial charge in [-0.1, -0.05) is 30.3 Å². The molecule has 0 saturated carbocycles. The quantitative estimate of drug-likeness (QED) is 0.616. The molecule has 0 spiro atoms. The van der Waals surface area contributed by atoms with Gasteiger partial charge >= 0.3 is 18.1 Å². The number of anilines is 1. The molecule has 0 aliphatic heterocycles. The maximum atomic E-state index is 12.8. The highest BCUT2D eigenvalue weighted by Gasteiger charge is 2.58. The first-order chi connectivity index (χ1) is 12.1. The van der Waals surface area contributed by atoms with Crippen molar-refractivity contribution in [3.05, 3.63) is 53.6 Å². The summed E-state index contributed by atoms with van der Waals surface area (Å²) in [6, 6.07) is 10.8. The Hall–Kier alpha value is -2.91. The number of hydrogen-bond acceptors (Lipinski definition) is 5. The summed E-state index contributed by atoms with van der Waals surface area (Å²) in [7, 11) is 0. The van der Waals surface area contributed by atoms with Gasteiger partial charge in [-0.25, -0.2) is 4.79 Å². The van der Waals surface area contributed by atoms with E-state index < -0.39 is 36.4 Å². The minimum atomic E-state index is -5.75. The number of nitrogen functional groups attached to an aromatic ring is 1. The molecule has 2 aromatic rings. The first-order valence-electron chi connectivity index (χ1n) is 7.15. The Morgan fingerprint density at radius 2 is 1.69 bits per heavy atom. The molecule has 2 N–H and O–H groups in total. The van der Waals surface area contributed by atoms with Gasteiger partial charge in [-0.15, -0.1) is 0 Å². The zero-order valence-electron chi connectivity index (χ0n) is 13.1. The number of hydrogen-bond donors (Lipinski definition) is 1. The van der Waals surface area contributed by atoms with E-state index in [2.05, 4.69) is 9.72 Å². The van der Waals surface area contributed by atoms with E-state index >= 15 is 0 Å². The third-order valence-corrected chi connectivity index (χ3v) is 3.15. The number of halogens is 5. The first-order valence-corrected chi connectivity index (χ1v) is 7.15. The van der Waals surface area contributed by atoms with Crippen molar-refractivity contribution >= 4 is 11.8 Å². The SMILES string of the molecule is Nc1nc(OCC(F)(F)C(F)(F)F)ccc1C(=O)OCc1ccccc1. The van der Waals surface area contributed by atoms with Crippen LogP contribution in [0, 0.1) is 0 Å². The van der Waals surface area contributed by atoms with Crippen LogP contribution in [0.25, 0.3) is 0 Å². The molecule has 0 atom stereocenters. The Balaban J connectivity index is 1.99. The fraction of sp³-hybridized carbons (Fsp3) is 0.250. The number of esters is 1. The van der Waals surface area contributed by atoms with Crippen molar-refractivity contribution < 1.29 is 36.2 Å². The first kappa shape index (κ1) is 19.4. The molecule has 2 rings (SSSR count). The third kappa shape index (κ3) is 4.80. The van der Waals surface area contributed by atoms with Gasteiger partial charge in [0, 0.05) is 6.07 Å². The molecular weight excluding hydrogens is 363 g/mol. The molecular formula is C16H13F5N2O3. The summed E-state index contributed by atoms with van der Waals surface area (Å²) < 4.78 is 71.2. The van der Waals surface area contributed by atoms with Crippen LogP contribution in [0.2, 0.25) is 0 Å². The van der Waals surface area contributed by atoms with Crippen molar-refractivity contribution in [2.75, 3.05) is 12.3 Å². The Bertz CT molecular complexity index is 766. The molecule has 10 heteroatoms. The number of carbonyl (C=O) groups excluding carboxylic acids is 1. The van der Waals surface area contributed by atoms with Crippen molar-refractivity contribution in [2.24, 2.45) is 0 Å². The zero-order valence-corrected chi connectivity index (χ0v) is 13.1. The number of ether oxygens (including phenoxy) is 2. The molecule has 0 bridgehead atoms. The van der Waals surface area contributed by atoms with Crippen LogP contribution in [-0.2, 0) is 11.3 Å². The van der Waals surface area contributed by atoms with Gasteiger partial charge in [0.05, 0.1) is 0 Å². The number of carbonyl (C=O) groups is 1. The lowest BCUT2D eigenvalue weighted by Gasteiger charge is -2.19. The van der Waals surface area contributed by atoms with E-state index in [1.54, 1.807) is 30.3 Å². The van der Waals surface area contributed by atoms with Gasteiger partial charge in [-0.2, -0.15) is 26.9 Å². The Morgan fingerprint density at radius 3 is 2.27 bits per heavy atom. The van der Waals surface area contributed by atoms with Gasteiger partial charge in [-0.05, 0) is 11.6 Å². The van der Waals surface area contributed by atoms with Crippen molar-refractivity contribution in [3.8, 4) is 5.88 Å². The fourth-order valence-corrected chi connectivity index (χ4v) is 1.76. The number of benzene rings is 1. The predicted molar refractivity (Wildman–Crippen MR) is 80.7 cm³/mol. The van der Waals surface area contributed by atoms with E-state index in [9.17, 15) is 26.7 Å². The highest BCUT2D eigenvalue weighted by molar-refractivity contribution is 5.94. The lowest BCUT2D eigenvalue weighted by atomic mass is 10.2. The Morgan fingerprint density at radius 1 is 1.04 bits per heavy atom. The average Bonchev–Trinajstić information content (AvgIpc) is 2.58. The Kier molecular flexibility index (Phi) is 5.63. The summed E-state index contributed by atoms with van der Waals surface area (Å²) in [5.41, 5.74) is 6.07. The molecule has 0 aliphatic carbocycles. The largest absolute Gasteiger partial charge is 0.471 e. The normalized spacial score (nSPS) is 11.9. The van der Waals surface area contributed by atoms with Crippen molar-refractivity contribution in [1.82, 2.24) is 4.98 Å². The van der Waals surface area contributed by atoms with Crippen molar-refractivity contribution in [2.45, 2.75) is 18.7 Å². The number of nitrogens with two attached hydrogens (primary N) is 1. The lowest BCUT2D eigenvalue weighted by molar-refractivity contribution is -0.290. The molecule has 140 valence electrons. The minimum absolute atomic E-state index is 0.0326. The van der Waals surface area contributed by atoms with Crippen LogP contribution in [0.15, 0.2) is 42.5 Å². The van der Waals surface area contributed by atoms with E-state index in [0.717, 1.165) is 17.7 Å². The van der Waals surface area contributed by atoms with Crippen LogP contribution in [0.3, 0.4) is 0 Å². The highest BCUT2D eigenvalue weighted by Crippen LogP contribution is 2.35. The van der Waals surface area contributed by atoms with E-state index in [4.69, 9.17) is 10.5 Å². The second kappa shape index (κ2) is 7.54. The molecule has 5 nitrogen and oxygen atoms in total. The van der Waals surface area contributed by atoms with Gasteiger partial charge < -0.3 is 15.2 Å². The monoisotopic (exact) mass is 376 g/mol. The molecule has 1 aromatic heterocycles. The van der Waals surface area contributed by atoms with Crippen molar-refractivity contribution in [1.29, 1.82) is 0 Å². The van der Waals surface area contributed by atoms with Gasteiger partial charge in [-0.3, -0.25) is 0 Å². The number of pyridine rings is 1. The van der Waals surface area contributed by atoms with E-state index in [1.165, 1.54) is 0 Å². The maximum Gasteiger partial charge on any atom is 0.456 e. The molecule has 0 amide bonds. The molecule has 0 fully saturated rings. The zero-order chi connectivity index (χ0) is 19.4. The number of nitrogens with zero attached hydrogens (tertiary/aromatic N) is 1. The molecule has 0 unspecified atom stereocenters. The molecule has 26 heavy (non-hydrogen) atoms. The van der Waals surface area contributed by atoms with Gasteiger partial charge in [0.25, 0.3) is 0 Å². The van der Waals surface area contributed by atoms with Crippen LogP contribution in [0.4, 0.5) is 27.8 Å². The second-order valence-electron chi connectivity index (χ2n) is 5.13. The van der Waals surface area contributed by atoms with Crippen LogP contribution < -0.4 is 10.5 Å². The molecule has 0 aliphatic rings. The standard InChI is InChI=1S/C16H13F5N2O3/c17-15(18,16(19,20)21)9-26-12-7-6-11(13(22)23-12)14(24)25-8-10-4-2-1-3-5-10/h1-7H,8-9H2,(H2,22,23). The third-order valence-electron chi connectivity index (χ3n) is 3.15. The molecule has 0 radical (unpaired) electrons. The fourth-order valence-electron chi connectivity index (χ4n) is 1.76. The van der Waals surface area contributed by atoms with Crippen LogP contribution in [-0.4, -0.2) is 29.7 Å². The predicted octanol–water partition coefficient (Wildman–Crippen LogP) is 3.60. The number of alkyl halides is 5. The summed E-state index contributed by atoms with van der Waals surface area (Å²) in [6.07, 6.45) is -5.75. The minimum Gasteiger partial charge on any atom is -0.471 e. The van der Waals surface area contributed by atoms with E-state index in [1.807, 2.05) is 0 Å². The number of aromatic nitrogens is 1. The lowest BCUT2D eigenvalue weighted by Crippen LogP contribution is -2.41. The molecule has 1 aromatic carbocycles. The average molecular weight is 376 g/mol. The summed E-state index contributed by atoms with van der Waals surface area (Å²) >= 11 is 0.